The largest absolute Gasteiger partial charge is 0.497 e. The van der Waals surface area contributed by atoms with Crippen LogP contribution in [0.3, 0.4) is 0 Å². The molecule has 28 heavy (non-hydrogen) atoms. The Balaban J connectivity index is 1.74. The molecular formula is C21H26N4O3. The molecule has 2 aromatic carbocycles. The van der Waals surface area contributed by atoms with Crippen molar-refractivity contribution in [3.05, 3.63) is 48.0 Å². The second-order valence-corrected chi connectivity index (χ2v) is 6.93. The van der Waals surface area contributed by atoms with E-state index in [1.807, 2.05) is 30.0 Å². The van der Waals surface area contributed by atoms with E-state index in [4.69, 9.17) is 4.74 Å². The molecule has 1 aliphatic rings. The summed E-state index contributed by atoms with van der Waals surface area (Å²) in [6.07, 6.45) is 2.07. The highest BCUT2D eigenvalue weighted by Crippen LogP contribution is 2.26. The summed E-state index contributed by atoms with van der Waals surface area (Å²) >= 11 is 0. The van der Waals surface area contributed by atoms with Gasteiger partial charge in [-0.25, -0.2) is 4.79 Å². The lowest BCUT2D eigenvalue weighted by molar-refractivity contribution is 0.0793. The highest BCUT2D eigenvalue weighted by atomic mass is 16.5. The van der Waals surface area contributed by atoms with Gasteiger partial charge in [-0.15, -0.1) is 0 Å². The zero-order chi connectivity index (χ0) is 20.1. The third-order valence-electron chi connectivity index (χ3n) is 4.71. The maximum atomic E-state index is 12.9. The van der Waals surface area contributed by atoms with Crippen LogP contribution in [0.25, 0.3) is 0 Å². The van der Waals surface area contributed by atoms with Gasteiger partial charge >= 0.3 is 6.03 Å². The molecule has 0 unspecified atom stereocenters. The van der Waals surface area contributed by atoms with E-state index in [0.29, 0.717) is 16.9 Å². The number of hydrogen-bond acceptors (Lipinski definition) is 4. The maximum Gasteiger partial charge on any atom is 0.323 e. The van der Waals surface area contributed by atoms with Crippen molar-refractivity contribution in [1.82, 2.24) is 4.90 Å². The Kier molecular flexibility index (Phi) is 6.03. The molecule has 1 heterocycles. The van der Waals surface area contributed by atoms with Crippen molar-refractivity contribution in [3.8, 4) is 5.75 Å². The van der Waals surface area contributed by atoms with E-state index < -0.39 is 0 Å². The summed E-state index contributed by atoms with van der Waals surface area (Å²) in [5.74, 6) is 0.718. The molecule has 1 saturated heterocycles. The lowest BCUT2D eigenvalue weighted by Crippen LogP contribution is -2.29. The molecule has 2 N–H and O–H groups in total. The molecule has 1 aliphatic heterocycles. The number of methoxy groups -OCH3 is 1. The molecule has 7 nitrogen and oxygen atoms in total. The monoisotopic (exact) mass is 382 g/mol. The molecule has 0 atom stereocenters. The van der Waals surface area contributed by atoms with Gasteiger partial charge in [0.05, 0.1) is 12.7 Å². The van der Waals surface area contributed by atoms with Crippen molar-refractivity contribution in [2.75, 3.05) is 49.8 Å². The fraction of sp³-hybridized carbons (Fsp3) is 0.333. The van der Waals surface area contributed by atoms with Crippen LogP contribution >= 0.6 is 0 Å². The highest BCUT2D eigenvalue weighted by Gasteiger charge is 2.23. The summed E-state index contributed by atoms with van der Waals surface area (Å²) in [5.41, 5.74) is 2.64. The average molecular weight is 382 g/mol. The first-order valence-electron chi connectivity index (χ1n) is 9.30. The van der Waals surface area contributed by atoms with Crippen LogP contribution in [-0.4, -0.2) is 51.1 Å². The fourth-order valence-electron chi connectivity index (χ4n) is 3.23. The molecule has 1 fully saturated rings. The number of urea groups is 1. The number of nitrogens with one attached hydrogen (secondary N) is 2. The number of carbonyl (C=O) groups excluding carboxylic acids is 2. The smallest absolute Gasteiger partial charge is 0.323 e. The van der Waals surface area contributed by atoms with Crippen LogP contribution in [0.4, 0.5) is 21.9 Å². The van der Waals surface area contributed by atoms with E-state index in [1.165, 1.54) is 0 Å². The van der Waals surface area contributed by atoms with Gasteiger partial charge in [-0.1, -0.05) is 0 Å². The highest BCUT2D eigenvalue weighted by molar-refractivity contribution is 6.04. The van der Waals surface area contributed by atoms with E-state index in [2.05, 4.69) is 10.6 Å². The van der Waals surface area contributed by atoms with Gasteiger partial charge in [-0.3, -0.25) is 4.79 Å². The number of hydrogen-bond donors (Lipinski definition) is 2. The predicted molar refractivity (Wildman–Crippen MR) is 112 cm³/mol. The van der Waals surface area contributed by atoms with Gasteiger partial charge in [0, 0.05) is 44.2 Å². The Morgan fingerprint density at radius 2 is 1.57 bits per heavy atom. The predicted octanol–water partition coefficient (Wildman–Crippen LogP) is 3.64. The third kappa shape index (κ3) is 4.54. The number of rotatable bonds is 5. The summed E-state index contributed by atoms with van der Waals surface area (Å²) in [7, 11) is 5.40. The van der Waals surface area contributed by atoms with Gasteiger partial charge in [0.15, 0.2) is 0 Å². The standard InChI is InChI=1S/C21H26N4O3/c1-24(2)19-11-8-16(14-18(19)20(26)25-12-4-5-13-25)23-21(27)22-15-6-9-17(28-3)10-7-15/h6-11,14H,4-5,12-13H2,1-3H3,(H2,22,23,27). The Morgan fingerprint density at radius 1 is 0.964 bits per heavy atom. The minimum absolute atomic E-state index is 0.000382. The van der Waals surface area contributed by atoms with Crippen molar-refractivity contribution < 1.29 is 14.3 Å². The molecule has 0 saturated carbocycles. The first kappa shape index (κ1) is 19.5. The molecular weight excluding hydrogens is 356 g/mol. The molecule has 0 aliphatic carbocycles. The van der Waals surface area contributed by atoms with Gasteiger partial charge < -0.3 is 25.2 Å². The van der Waals surface area contributed by atoms with Crippen molar-refractivity contribution in [3.63, 3.8) is 0 Å². The minimum atomic E-state index is -0.373. The van der Waals surface area contributed by atoms with E-state index in [9.17, 15) is 9.59 Å². The van der Waals surface area contributed by atoms with Crippen LogP contribution in [0.1, 0.15) is 23.2 Å². The summed E-state index contributed by atoms with van der Waals surface area (Å²) in [5, 5.41) is 5.57. The first-order valence-corrected chi connectivity index (χ1v) is 9.30. The number of carbonyl (C=O) groups is 2. The Labute approximate surface area is 165 Å². The molecule has 3 rings (SSSR count). The van der Waals surface area contributed by atoms with E-state index in [-0.39, 0.29) is 11.9 Å². The van der Waals surface area contributed by atoms with Crippen molar-refractivity contribution in [1.29, 1.82) is 0 Å². The summed E-state index contributed by atoms with van der Waals surface area (Å²) in [6.45, 7) is 1.56. The van der Waals surface area contributed by atoms with Gasteiger partial charge in [0.25, 0.3) is 5.91 Å². The van der Waals surface area contributed by atoms with Crippen LogP contribution in [0.5, 0.6) is 5.75 Å². The Morgan fingerprint density at radius 3 is 2.18 bits per heavy atom. The van der Waals surface area contributed by atoms with Crippen LogP contribution in [0.15, 0.2) is 42.5 Å². The van der Waals surface area contributed by atoms with Crippen LogP contribution < -0.4 is 20.3 Å². The lowest BCUT2D eigenvalue weighted by atomic mass is 10.1. The normalized spacial score (nSPS) is 13.2. The van der Waals surface area contributed by atoms with Gasteiger partial charge in [-0.2, -0.15) is 0 Å². The maximum absolute atomic E-state index is 12.9. The molecule has 7 heteroatoms. The summed E-state index contributed by atoms with van der Waals surface area (Å²) in [6, 6.07) is 12.1. The second kappa shape index (κ2) is 8.65. The molecule has 0 aromatic heterocycles. The zero-order valence-corrected chi connectivity index (χ0v) is 16.5. The molecule has 0 radical (unpaired) electrons. The summed E-state index contributed by atoms with van der Waals surface area (Å²) < 4.78 is 5.11. The molecule has 2 aromatic rings. The lowest BCUT2D eigenvalue weighted by Gasteiger charge is -2.22. The minimum Gasteiger partial charge on any atom is -0.497 e. The van der Waals surface area contributed by atoms with Gasteiger partial charge in [-0.05, 0) is 55.3 Å². The molecule has 0 spiro atoms. The van der Waals surface area contributed by atoms with Gasteiger partial charge in [0.2, 0.25) is 0 Å². The number of likely N-dealkylation sites (tertiary alicyclic amines) is 1. The zero-order valence-electron chi connectivity index (χ0n) is 16.5. The van der Waals surface area contributed by atoms with E-state index in [1.54, 1.807) is 43.5 Å². The SMILES string of the molecule is COc1ccc(NC(=O)Nc2ccc(N(C)C)c(C(=O)N3CCCC3)c2)cc1. The summed E-state index contributed by atoms with van der Waals surface area (Å²) in [4.78, 5) is 29.0. The van der Waals surface area contributed by atoms with Crippen molar-refractivity contribution >= 4 is 29.0 Å². The van der Waals surface area contributed by atoms with Crippen molar-refractivity contribution in [2.45, 2.75) is 12.8 Å². The topological polar surface area (TPSA) is 73.9 Å². The number of benzene rings is 2. The van der Waals surface area contributed by atoms with E-state index in [0.717, 1.165) is 37.4 Å². The second-order valence-electron chi connectivity index (χ2n) is 6.93. The number of amides is 3. The van der Waals surface area contributed by atoms with Crippen LogP contribution in [0, 0.1) is 0 Å². The molecule has 3 amide bonds. The third-order valence-corrected chi connectivity index (χ3v) is 4.71. The Hall–Kier alpha value is -3.22. The molecule has 148 valence electrons. The molecule has 0 bridgehead atoms. The number of nitrogens with zero attached hydrogens (tertiary/aromatic N) is 2. The van der Waals surface area contributed by atoms with Gasteiger partial charge in [0.1, 0.15) is 5.75 Å². The average Bonchev–Trinajstić information content (AvgIpc) is 3.22. The van der Waals surface area contributed by atoms with Crippen LogP contribution in [-0.2, 0) is 0 Å². The number of anilines is 3. The van der Waals surface area contributed by atoms with Crippen molar-refractivity contribution in [2.24, 2.45) is 0 Å². The fourth-order valence-corrected chi connectivity index (χ4v) is 3.23. The quantitative estimate of drug-likeness (QED) is 0.828. The van der Waals surface area contributed by atoms with Crippen LogP contribution in [0.2, 0.25) is 0 Å². The first-order chi connectivity index (χ1) is 13.5. The Bertz CT molecular complexity index is 843. The van der Waals surface area contributed by atoms with E-state index >= 15 is 0 Å². The number of ether oxygens (including phenoxy) is 1.